The van der Waals surface area contributed by atoms with E-state index in [4.69, 9.17) is 4.74 Å². The molecule has 2 nitrogen and oxygen atoms in total. The van der Waals surface area contributed by atoms with Crippen LogP contribution in [0.4, 0.5) is 0 Å². The Hall–Kier alpha value is -1.31. The van der Waals surface area contributed by atoms with Gasteiger partial charge in [0.1, 0.15) is 6.10 Å². The first kappa shape index (κ1) is 42.4. The van der Waals surface area contributed by atoms with E-state index < -0.39 is 0 Å². The third-order valence-electron chi connectivity index (χ3n) is 15.2. The van der Waals surface area contributed by atoms with Gasteiger partial charge in [-0.05, 0) is 136 Å². The first-order valence-electron chi connectivity index (χ1n) is 22.9. The molecule has 2 heteroatoms. The van der Waals surface area contributed by atoms with Gasteiger partial charge in [0.15, 0.2) is 0 Å². The van der Waals surface area contributed by atoms with E-state index in [1.807, 2.05) is 0 Å². The van der Waals surface area contributed by atoms with Crippen LogP contribution in [0.1, 0.15) is 209 Å². The fourth-order valence-corrected chi connectivity index (χ4v) is 11.9. The zero-order valence-electron chi connectivity index (χ0n) is 35.0. The molecule has 4 aliphatic carbocycles. The summed E-state index contributed by atoms with van der Waals surface area (Å²) in [6.07, 6.45) is 44.3. The molecule has 0 aliphatic heterocycles. The number of carbonyl (C=O) groups excluding carboxylic acids is 1. The summed E-state index contributed by atoms with van der Waals surface area (Å²) in [4.78, 5) is 12.9. The third-order valence-corrected chi connectivity index (χ3v) is 15.2. The Morgan fingerprint density at radius 3 is 2.08 bits per heavy atom. The fourth-order valence-electron chi connectivity index (χ4n) is 11.9. The molecule has 292 valence electrons. The van der Waals surface area contributed by atoms with Crippen molar-refractivity contribution in [1.82, 2.24) is 0 Å². The molecule has 0 aromatic heterocycles. The quantitative estimate of drug-likeness (QED) is 0.0601. The van der Waals surface area contributed by atoms with Gasteiger partial charge in [-0.2, -0.15) is 0 Å². The molecule has 0 aromatic rings. The minimum atomic E-state index is 0.0536. The summed E-state index contributed by atoms with van der Waals surface area (Å²) in [7, 11) is 0. The normalized spacial score (nSPS) is 31.8. The van der Waals surface area contributed by atoms with Gasteiger partial charge in [-0.25, -0.2) is 0 Å². The van der Waals surface area contributed by atoms with Crippen LogP contribution in [0.25, 0.3) is 0 Å². The average Bonchev–Trinajstić information content (AvgIpc) is 3.47. The minimum absolute atomic E-state index is 0.0536. The number of unbranched alkanes of at least 4 members (excludes halogenated alkanes) is 13. The maximum atomic E-state index is 12.9. The van der Waals surface area contributed by atoms with Gasteiger partial charge in [0.05, 0.1) is 0 Å². The number of hydrogen-bond donors (Lipinski definition) is 0. The third kappa shape index (κ3) is 11.8. The van der Waals surface area contributed by atoms with Crippen LogP contribution in [0.2, 0.25) is 0 Å². The lowest BCUT2D eigenvalue weighted by molar-refractivity contribution is -0.151. The van der Waals surface area contributed by atoms with Crippen LogP contribution < -0.4 is 0 Å². The predicted octanol–water partition coefficient (Wildman–Crippen LogP) is 15.2. The van der Waals surface area contributed by atoms with Crippen molar-refractivity contribution in [1.29, 1.82) is 0 Å². The summed E-state index contributed by atoms with van der Waals surface area (Å²) in [6, 6.07) is 0. The van der Waals surface area contributed by atoms with E-state index in [-0.39, 0.29) is 12.1 Å². The van der Waals surface area contributed by atoms with E-state index >= 15 is 0 Å². The van der Waals surface area contributed by atoms with Crippen molar-refractivity contribution in [3.05, 3.63) is 36.0 Å². The molecular weight excluding hydrogens is 621 g/mol. The molecule has 0 radical (unpaired) electrons. The molecule has 9 atom stereocenters. The minimum Gasteiger partial charge on any atom is -0.462 e. The van der Waals surface area contributed by atoms with E-state index in [9.17, 15) is 4.79 Å². The van der Waals surface area contributed by atoms with Gasteiger partial charge in [-0.15, -0.1) is 0 Å². The standard InChI is InChI=1S/C49H84O2/c1-8-10-11-12-13-14-15-16-17-18-19-20-21-22-23-24-25-26-47(50)51-42-33-35-48(6)41(37-42)29-30-43-45-32-31-44(49(45,7)36-34-46(43)48)39(5)27-28-40(9-2)38(3)4/h16-17,27-29,38-40,42-46H,8-15,18-26,30-37H2,1-7H3/b17-16-,28-27+/t39-,40-,42+,43+,44-,45+,46+,48+,49-/m1/s1. The van der Waals surface area contributed by atoms with E-state index in [2.05, 4.69) is 78.8 Å². The highest BCUT2D eigenvalue weighted by Gasteiger charge is 2.59. The number of esters is 1. The molecule has 51 heavy (non-hydrogen) atoms. The molecular formula is C49H84O2. The Morgan fingerprint density at radius 2 is 1.43 bits per heavy atom. The molecule has 0 aromatic carbocycles. The number of hydrogen-bond acceptors (Lipinski definition) is 2. The van der Waals surface area contributed by atoms with Crippen molar-refractivity contribution in [2.75, 3.05) is 0 Å². The summed E-state index contributed by atoms with van der Waals surface area (Å²) in [5.74, 6) is 5.54. The lowest BCUT2D eigenvalue weighted by Gasteiger charge is -2.58. The molecule has 0 heterocycles. The van der Waals surface area contributed by atoms with Gasteiger partial charge in [0.25, 0.3) is 0 Å². The summed E-state index contributed by atoms with van der Waals surface area (Å²) < 4.78 is 6.15. The summed E-state index contributed by atoms with van der Waals surface area (Å²) >= 11 is 0. The molecule has 3 saturated carbocycles. The maximum Gasteiger partial charge on any atom is 0.306 e. The van der Waals surface area contributed by atoms with Crippen molar-refractivity contribution in [2.24, 2.45) is 52.3 Å². The highest BCUT2D eigenvalue weighted by molar-refractivity contribution is 5.69. The Morgan fingerprint density at radius 1 is 0.784 bits per heavy atom. The number of ether oxygens (including phenoxy) is 1. The number of allylic oxidation sites excluding steroid dienone is 5. The second-order valence-electron chi connectivity index (χ2n) is 18.9. The van der Waals surface area contributed by atoms with Crippen LogP contribution in [-0.4, -0.2) is 12.1 Å². The molecule has 0 amide bonds. The topological polar surface area (TPSA) is 26.3 Å². The van der Waals surface area contributed by atoms with Crippen LogP contribution in [0.15, 0.2) is 36.0 Å². The largest absolute Gasteiger partial charge is 0.462 e. The lowest BCUT2D eigenvalue weighted by Crippen LogP contribution is -2.51. The molecule has 0 unspecified atom stereocenters. The molecule has 0 saturated heterocycles. The fraction of sp³-hybridized carbons (Fsp3) is 0.857. The van der Waals surface area contributed by atoms with Crippen LogP contribution in [-0.2, 0) is 9.53 Å². The van der Waals surface area contributed by atoms with Crippen LogP contribution in [0.3, 0.4) is 0 Å². The van der Waals surface area contributed by atoms with Crippen molar-refractivity contribution in [3.63, 3.8) is 0 Å². The predicted molar refractivity (Wildman–Crippen MR) is 221 cm³/mol. The highest BCUT2D eigenvalue weighted by atomic mass is 16.5. The Kier molecular flexibility index (Phi) is 17.9. The first-order chi connectivity index (χ1) is 24.6. The van der Waals surface area contributed by atoms with Gasteiger partial charge in [-0.1, -0.05) is 149 Å². The number of carbonyl (C=O) groups is 1. The molecule has 4 aliphatic rings. The number of fused-ring (bicyclic) bond motifs is 5. The molecule has 0 bridgehead atoms. The zero-order chi connectivity index (χ0) is 36.7. The Bertz CT molecular complexity index is 1100. The number of rotatable bonds is 23. The first-order valence-corrected chi connectivity index (χ1v) is 22.9. The smallest absolute Gasteiger partial charge is 0.306 e. The van der Waals surface area contributed by atoms with E-state index in [1.54, 1.807) is 5.57 Å². The summed E-state index contributed by atoms with van der Waals surface area (Å²) in [5, 5.41) is 0. The van der Waals surface area contributed by atoms with Gasteiger partial charge in [0, 0.05) is 12.8 Å². The molecule has 0 spiro atoms. The van der Waals surface area contributed by atoms with Crippen LogP contribution in [0.5, 0.6) is 0 Å². The van der Waals surface area contributed by atoms with Crippen molar-refractivity contribution in [3.8, 4) is 0 Å². The van der Waals surface area contributed by atoms with Gasteiger partial charge in [0.2, 0.25) is 0 Å². The Labute approximate surface area is 317 Å². The van der Waals surface area contributed by atoms with Crippen molar-refractivity contribution >= 4 is 5.97 Å². The highest BCUT2D eigenvalue weighted by Crippen LogP contribution is 2.67. The van der Waals surface area contributed by atoms with E-state index in [1.165, 1.54) is 128 Å². The van der Waals surface area contributed by atoms with Gasteiger partial charge in [-0.3, -0.25) is 4.79 Å². The monoisotopic (exact) mass is 705 g/mol. The Balaban J connectivity index is 1.11. The maximum absolute atomic E-state index is 12.9. The lowest BCUT2D eigenvalue weighted by atomic mass is 9.47. The molecule has 4 rings (SSSR count). The second kappa shape index (κ2) is 21.5. The molecule has 0 N–H and O–H groups in total. The van der Waals surface area contributed by atoms with Gasteiger partial charge < -0.3 is 4.74 Å². The van der Waals surface area contributed by atoms with Crippen LogP contribution in [0, 0.1) is 52.3 Å². The van der Waals surface area contributed by atoms with Gasteiger partial charge >= 0.3 is 5.97 Å². The average molecular weight is 705 g/mol. The van der Waals surface area contributed by atoms with Crippen LogP contribution >= 0.6 is 0 Å². The summed E-state index contributed by atoms with van der Waals surface area (Å²) in [6.45, 7) is 17.2. The second-order valence-corrected chi connectivity index (χ2v) is 18.9. The SMILES string of the molecule is CCCCCCCC/C=C\CCCCCCCCCC(=O)O[C@H]1CC[C@@]2(C)C(=CC[C@H]3[C@@H]4CC[C@H]([C@H](C)/C=C/[C@@H](CC)C(C)C)[C@@]4(C)CC[C@@H]32)C1. The van der Waals surface area contributed by atoms with Crippen molar-refractivity contribution < 1.29 is 9.53 Å². The summed E-state index contributed by atoms with van der Waals surface area (Å²) in [5.41, 5.74) is 2.43. The van der Waals surface area contributed by atoms with E-state index in [0.717, 1.165) is 55.3 Å². The zero-order valence-corrected chi connectivity index (χ0v) is 35.0. The van der Waals surface area contributed by atoms with E-state index in [0.29, 0.717) is 29.1 Å². The van der Waals surface area contributed by atoms with Crippen molar-refractivity contribution in [2.45, 2.75) is 215 Å². The molecule has 3 fully saturated rings.